The van der Waals surface area contributed by atoms with Crippen LogP contribution in [-0.2, 0) is 11.3 Å². The molecule has 0 spiro atoms. The molecule has 1 aromatic rings. The van der Waals surface area contributed by atoms with E-state index in [4.69, 9.17) is 21.1 Å². The first-order chi connectivity index (χ1) is 9.81. The van der Waals surface area contributed by atoms with Crippen molar-refractivity contribution in [3.63, 3.8) is 0 Å². The highest BCUT2D eigenvalue weighted by atomic mass is 35.5. The Labute approximate surface area is 132 Å². The zero-order valence-electron chi connectivity index (χ0n) is 13.3. The van der Waals surface area contributed by atoms with Crippen molar-refractivity contribution in [1.82, 2.24) is 5.32 Å². The van der Waals surface area contributed by atoms with Crippen molar-refractivity contribution in [2.24, 2.45) is 0 Å². The molecule has 5 heteroatoms. The molecule has 0 saturated heterocycles. The first kappa shape index (κ1) is 18.2. The Morgan fingerprint density at radius 1 is 1.29 bits per heavy atom. The molecule has 1 rings (SSSR count). The molecule has 0 aliphatic heterocycles. The second-order valence-corrected chi connectivity index (χ2v) is 6.40. The molecule has 120 valence electrons. The van der Waals surface area contributed by atoms with Gasteiger partial charge in [0.15, 0.2) is 0 Å². The summed E-state index contributed by atoms with van der Waals surface area (Å²) in [6, 6.07) is 5.68. The smallest absolute Gasteiger partial charge is 0.138 e. The molecule has 1 aromatic carbocycles. The molecule has 0 bridgehead atoms. The highest BCUT2D eigenvalue weighted by Gasteiger charge is 2.11. The molecule has 0 fully saturated rings. The SMILES string of the molecule is CCOCC(O)COc1ccc(CNC(C)(C)C)cc1Cl. The monoisotopic (exact) mass is 315 g/mol. The average Bonchev–Trinajstić information content (AvgIpc) is 2.41. The first-order valence-electron chi connectivity index (χ1n) is 7.24. The number of ether oxygens (including phenoxy) is 2. The van der Waals surface area contributed by atoms with Crippen LogP contribution in [0.2, 0.25) is 5.02 Å². The lowest BCUT2D eigenvalue weighted by molar-refractivity contribution is 0.0164. The van der Waals surface area contributed by atoms with Crippen LogP contribution in [0.25, 0.3) is 0 Å². The van der Waals surface area contributed by atoms with E-state index >= 15 is 0 Å². The fourth-order valence-corrected chi connectivity index (χ4v) is 1.88. The minimum atomic E-state index is -0.650. The third-order valence-electron chi connectivity index (χ3n) is 2.76. The van der Waals surface area contributed by atoms with E-state index in [1.54, 1.807) is 0 Å². The van der Waals surface area contributed by atoms with E-state index in [1.807, 2.05) is 25.1 Å². The number of nitrogens with one attached hydrogen (secondary N) is 1. The van der Waals surface area contributed by atoms with Crippen LogP contribution in [0.4, 0.5) is 0 Å². The van der Waals surface area contributed by atoms with Crippen molar-refractivity contribution in [1.29, 1.82) is 0 Å². The zero-order valence-corrected chi connectivity index (χ0v) is 14.0. The third-order valence-corrected chi connectivity index (χ3v) is 3.06. The maximum Gasteiger partial charge on any atom is 0.138 e. The molecule has 0 radical (unpaired) electrons. The van der Waals surface area contributed by atoms with E-state index in [0.717, 1.165) is 12.1 Å². The summed E-state index contributed by atoms with van der Waals surface area (Å²) in [5, 5.41) is 13.6. The lowest BCUT2D eigenvalue weighted by Crippen LogP contribution is -2.35. The van der Waals surface area contributed by atoms with Gasteiger partial charge in [0.05, 0.1) is 11.6 Å². The van der Waals surface area contributed by atoms with Gasteiger partial charge in [-0.15, -0.1) is 0 Å². The summed E-state index contributed by atoms with van der Waals surface area (Å²) in [5.74, 6) is 0.576. The number of hydrogen-bond donors (Lipinski definition) is 2. The van der Waals surface area contributed by atoms with Crippen LogP contribution in [0.5, 0.6) is 5.75 Å². The minimum absolute atomic E-state index is 0.0606. The minimum Gasteiger partial charge on any atom is -0.489 e. The summed E-state index contributed by atoms with van der Waals surface area (Å²) in [6.45, 7) is 9.99. The van der Waals surface area contributed by atoms with Gasteiger partial charge in [-0.25, -0.2) is 0 Å². The quantitative estimate of drug-likeness (QED) is 0.774. The number of benzene rings is 1. The Kier molecular flexibility index (Phi) is 7.46. The van der Waals surface area contributed by atoms with Crippen LogP contribution < -0.4 is 10.1 Å². The number of halogens is 1. The van der Waals surface area contributed by atoms with Crippen molar-refractivity contribution >= 4 is 11.6 Å². The number of aliphatic hydroxyl groups is 1. The van der Waals surface area contributed by atoms with Crippen LogP contribution in [-0.4, -0.2) is 36.6 Å². The van der Waals surface area contributed by atoms with Gasteiger partial charge in [0, 0.05) is 18.7 Å². The summed E-state index contributed by atoms with van der Waals surface area (Å²) in [7, 11) is 0. The molecule has 0 amide bonds. The molecule has 2 N–H and O–H groups in total. The average molecular weight is 316 g/mol. The van der Waals surface area contributed by atoms with Crippen LogP contribution >= 0.6 is 11.6 Å². The molecular formula is C16H26ClNO3. The highest BCUT2D eigenvalue weighted by Crippen LogP contribution is 2.25. The van der Waals surface area contributed by atoms with Crippen molar-refractivity contribution in [2.75, 3.05) is 19.8 Å². The summed E-state index contributed by atoms with van der Waals surface area (Å²) in [4.78, 5) is 0. The van der Waals surface area contributed by atoms with Gasteiger partial charge in [0.2, 0.25) is 0 Å². The van der Waals surface area contributed by atoms with E-state index in [9.17, 15) is 5.11 Å². The molecule has 4 nitrogen and oxygen atoms in total. The molecule has 0 aromatic heterocycles. The van der Waals surface area contributed by atoms with E-state index in [1.165, 1.54) is 0 Å². The maximum absolute atomic E-state index is 9.66. The maximum atomic E-state index is 9.66. The van der Waals surface area contributed by atoms with E-state index in [0.29, 0.717) is 17.4 Å². The van der Waals surface area contributed by atoms with Crippen molar-refractivity contribution in [2.45, 2.75) is 45.9 Å². The van der Waals surface area contributed by atoms with Gasteiger partial charge in [-0.1, -0.05) is 17.7 Å². The summed E-state index contributed by atoms with van der Waals surface area (Å²) < 4.78 is 10.6. The predicted octanol–water partition coefficient (Wildman–Crippen LogP) is 3.00. The van der Waals surface area contributed by atoms with Gasteiger partial charge >= 0.3 is 0 Å². The Hall–Kier alpha value is -0.810. The topological polar surface area (TPSA) is 50.7 Å². The largest absolute Gasteiger partial charge is 0.489 e. The summed E-state index contributed by atoms with van der Waals surface area (Å²) in [6.07, 6.45) is -0.650. The van der Waals surface area contributed by atoms with Gasteiger partial charge in [-0.3, -0.25) is 0 Å². The van der Waals surface area contributed by atoms with Crippen molar-refractivity contribution in [3.8, 4) is 5.75 Å². The zero-order chi connectivity index (χ0) is 15.9. The second kappa shape index (κ2) is 8.59. The summed E-state index contributed by atoms with van der Waals surface area (Å²) >= 11 is 6.20. The van der Waals surface area contributed by atoms with Crippen molar-refractivity contribution < 1.29 is 14.6 Å². The fourth-order valence-electron chi connectivity index (χ4n) is 1.63. The molecular weight excluding hydrogens is 290 g/mol. The van der Waals surface area contributed by atoms with Crippen LogP contribution in [0, 0.1) is 0 Å². The van der Waals surface area contributed by atoms with Crippen LogP contribution in [0.3, 0.4) is 0 Å². The lowest BCUT2D eigenvalue weighted by Gasteiger charge is -2.21. The van der Waals surface area contributed by atoms with Gasteiger partial charge in [0.25, 0.3) is 0 Å². The van der Waals surface area contributed by atoms with Crippen LogP contribution in [0.1, 0.15) is 33.3 Å². The Morgan fingerprint density at radius 2 is 2.00 bits per heavy atom. The molecule has 0 saturated carbocycles. The molecule has 0 aliphatic rings. The van der Waals surface area contributed by atoms with Gasteiger partial charge in [0.1, 0.15) is 18.5 Å². The first-order valence-corrected chi connectivity index (χ1v) is 7.61. The van der Waals surface area contributed by atoms with E-state index < -0.39 is 6.10 Å². The molecule has 1 unspecified atom stereocenters. The predicted molar refractivity (Wildman–Crippen MR) is 86.0 cm³/mol. The number of aliphatic hydroxyl groups excluding tert-OH is 1. The molecule has 0 aliphatic carbocycles. The van der Waals surface area contributed by atoms with Crippen LogP contribution in [0.15, 0.2) is 18.2 Å². The highest BCUT2D eigenvalue weighted by molar-refractivity contribution is 6.32. The van der Waals surface area contributed by atoms with Crippen molar-refractivity contribution in [3.05, 3.63) is 28.8 Å². The third kappa shape index (κ3) is 7.67. The fraction of sp³-hybridized carbons (Fsp3) is 0.625. The van der Waals surface area contributed by atoms with E-state index in [-0.39, 0.29) is 18.8 Å². The standard InChI is InChI=1S/C16H26ClNO3/c1-5-20-10-13(19)11-21-15-7-6-12(8-14(15)17)9-18-16(2,3)4/h6-8,13,18-19H,5,9-11H2,1-4H3. The van der Waals surface area contributed by atoms with Gasteiger partial charge in [-0.2, -0.15) is 0 Å². The lowest BCUT2D eigenvalue weighted by atomic mass is 10.1. The van der Waals surface area contributed by atoms with Gasteiger partial charge in [-0.05, 0) is 45.4 Å². The normalized spacial score (nSPS) is 13.2. The number of hydrogen-bond acceptors (Lipinski definition) is 4. The molecule has 1 atom stereocenters. The molecule has 21 heavy (non-hydrogen) atoms. The molecule has 0 heterocycles. The Bertz CT molecular complexity index is 432. The van der Waals surface area contributed by atoms with Gasteiger partial charge < -0.3 is 19.9 Å². The Balaban J connectivity index is 2.50. The summed E-state index contributed by atoms with van der Waals surface area (Å²) in [5.41, 5.74) is 1.16. The van der Waals surface area contributed by atoms with E-state index in [2.05, 4.69) is 26.1 Å². The number of rotatable bonds is 8. The second-order valence-electron chi connectivity index (χ2n) is 5.99. The Morgan fingerprint density at radius 3 is 2.57 bits per heavy atom.